The van der Waals surface area contributed by atoms with Gasteiger partial charge in [-0.25, -0.2) is 0 Å². The Hall–Kier alpha value is -4.68. The molecule has 0 unspecified atom stereocenters. The molecule has 0 spiro atoms. The van der Waals surface area contributed by atoms with Crippen molar-refractivity contribution in [2.75, 3.05) is 20.3 Å². The zero-order chi connectivity index (χ0) is 31.2. The SMILES string of the molecule is CCOC(=O)CNCc1ccc(OC)c(-c2ccc(O)c3c2C[C@H]2C[C@H]4CC(O)=C(C(N)=O)C(=O)[C@@]4(O)C(O)=C2C3=O)c1. The van der Waals surface area contributed by atoms with Gasteiger partial charge in [-0.2, -0.15) is 0 Å². The number of phenolic OH excluding ortho intramolecular Hbond substituents is 1. The number of primary amides is 1. The maximum Gasteiger partial charge on any atom is 0.319 e. The van der Waals surface area contributed by atoms with Crippen LogP contribution in [-0.4, -0.2) is 69.7 Å². The number of hydrogen-bond acceptors (Lipinski definition) is 11. The summed E-state index contributed by atoms with van der Waals surface area (Å²) in [7, 11) is 1.50. The van der Waals surface area contributed by atoms with E-state index in [9.17, 15) is 39.6 Å². The van der Waals surface area contributed by atoms with Crippen LogP contribution in [0.25, 0.3) is 11.1 Å². The molecule has 0 bridgehead atoms. The van der Waals surface area contributed by atoms with Gasteiger partial charge in [0.25, 0.3) is 5.91 Å². The maximum atomic E-state index is 13.9. The van der Waals surface area contributed by atoms with Crippen molar-refractivity contribution in [3.8, 4) is 22.6 Å². The fraction of sp³-hybridized carbons (Fsp3) is 0.355. The van der Waals surface area contributed by atoms with Gasteiger partial charge in [-0.1, -0.05) is 12.1 Å². The number of ketones is 2. The molecule has 3 aliphatic rings. The molecular formula is C31H32N2O10. The number of amides is 1. The lowest BCUT2D eigenvalue weighted by Crippen LogP contribution is -2.57. The van der Waals surface area contributed by atoms with Gasteiger partial charge in [0.05, 0.1) is 25.8 Å². The molecule has 43 heavy (non-hydrogen) atoms. The average Bonchev–Trinajstić information content (AvgIpc) is 2.95. The molecule has 3 atom stereocenters. The summed E-state index contributed by atoms with van der Waals surface area (Å²) < 4.78 is 10.5. The molecular weight excluding hydrogens is 560 g/mol. The molecule has 7 N–H and O–H groups in total. The molecule has 2 aromatic carbocycles. The van der Waals surface area contributed by atoms with Crippen LogP contribution in [0.1, 0.15) is 41.3 Å². The number of hydrogen-bond donors (Lipinski definition) is 6. The number of nitrogens with one attached hydrogen (secondary N) is 1. The Labute approximate surface area is 246 Å². The fourth-order valence-corrected chi connectivity index (χ4v) is 6.47. The topological polar surface area (TPSA) is 206 Å². The molecule has 0 aliphatic heterocycles. The van der Waals surface area contributed by atoms with E-state index in [4.69, 9.17) is 15.2 Å². The molecule has 3 aliphatic carbocycles. The van der Waals surface area contributed by atoms with Crippen molar-refractivity contribution in [1.29, 1.82) is 0 Å². The van der Waals surface area contributed by atoms with E-state index in [1.165, 1.54) is 13.2 Å². The minimum Gasteiger partial charge on any atom is -0.511 e. The van der Waals surface area contributed by atoms with E-state index in [2.05, 4.69) is 5.32 Å². The number of carbonyl (C=O) groups excluding carboxylic acids is 4. The van der Waals surface area contributed by atoms with Crippen molar-refractivity contribution in [3.63, 3.8) is 0 Å². The monoisotopic (exact) mass is 592 g/mol. The first-order chi connectivity index (χ1) is 20.4. The van der Waals surface area contributed by atoms with Gasteiger partial charge >= 0.3 is 5.97 Å². The van der Waals surface area contributed by atoms with Crippen LogP contribution in [0.5, 0.6) is 11.5 Å². The maximum absolute atomic E-state index is 13.9. The van der Waals surface area contributed by atoms with Crippen LogP contribution in [-0.2, 0) is 32.1 Å². The number of allylic oxidation sites excluding steroid dienone is 2. The summed E-state index contributed by atoms with van der Waals surface area (Å²) in [4.78, 5) is 50.6. The molecule has 0 saturated heterocycles. The number of aliphatic hydroxyl groups excluding tert-OH is 2. The number of aliphatic hydroxyl groups is 3. The van der Waals surface area contributed by atoms with E-state index < -0.39 is 52.0 Å². The van der Waals surface area contributed by atoms with Crippen molar-refractivity contribution in [1.82, 2.24) is 5.32 Å². The number of phenols is 1. The van der Waals surface area contributed by atoms with Gasteiger partial charge in [0, 0.05) is 30.0 Å². The zero-order valence-electron chi connectivity index (χ0n) is 23.6. The summed E-state index contributed by atoms with van der Waals surface area (Å²) in [6.07, 6.45) is -0.142. The molecule has 0 heterocycles. The second-order valence-corrected chi connectivity index (χ2v) is 10.8. The second-order valence-electron chi connectivity index (χ2n) is 10.8. The van der Waals surface area contributed by atoms with Crippen LogP contribution in [0.3, 0.4) is 0 Å². The number of nitrogens with two attached hydrogens (primary N) is 1. The van der Waals surface area contributed by atoms with Gasteiger partial charge in [0.2, 0.25) is 5.78 Å². The highest BCUT2D eigenvalue weighted by Gasteiger charge is 2.59. The highest BCUT2D eigenvalue weighted by Crippen LogP contribution is 2.52. The van der Waals surface area contributed by atoms with Crippen molar-refractivity contribution < 1.29 is 49.1 Å². The Morgan fingerprint density at radius 2 is 1.84 bits per heavy atom. The number of carbonyl (C=O) groups is 4. The standard InChI is InChI=1S/C31H32N2O10/c1-3-43-23(36)13-33-12-14-4-7-22(42-2)18(8-14)17-5-6-20(34)25-19(17)10-15-9-16-11-21(35)26(30(32)40)29(39)31(16,41)28(38)24(15)27(25)37/h4-8,15-16,33-35,38,41H,3,9-13H2,1-2H3,(H2,32,40)/t15-,16+,31+/m1/s1. The summed E-state index contributed by atoms with van der Waals surface area (Å²) >= 11 is 0. The predicted molar refractivity (Wildman–Crippen MR) is 151 cm³/mol. The minimum atomic E-state index is -2.63. The lowest BCUT2D eigenvalue weighted by atomic mass is 9.60. The van der Waals surface area contributed by atoms with E-state index in [0.717, 1.165) is 5.56 Å². The van der Waals surface area contributed by atoms with E-state index >= 15 is 0 Å². The van der Waals surface area contributed by atoms with Crippen LogP contribution in [0, 0.1) is 11.8 Å². The number of aromatic hydroxyl groups is 1. The first kappa shape index (κ1) is 29.8. The highest BCUT2D eigenvalue weighted by atomic mass is 16.5. The molecule has 1 amide bonds. The van der Waals surface area contributed by atoms with Crippen molar-refractivity contribution in [3.05, 3.63) is 69.7 Å². The van der Waals surface area contributed by atoms with Crippen LogP contribution in [0.4, 0.5) is 0 Å². The lowest BCUT2D eigenvalue weighted by molar-refractivity contribution is -0.144. The van der Waals surface area contributed by atoms with Crippen molar-refractivity contribution in [2.24, 2.45) is 17.6 Å². The van der Waals surface area contributed by atoms with Gasteiger partial charge in [-0.15, -0.1) is 0 Å². The third-order valence-electron chi connectivity index (χ3n) is 8.40. The molecule has 0 radical (unpaired) electrons. The molecule has 5 rings (SSSR count). The van der Waals surface area contributed by atoms with Gasteiger partial charge in [0.1, 0.15) is 28.6 Å². The Morgan fingerprint density at radius 1 is 1.09 bits per heavy atom. The largest absolute Gasteiger partial charge is 0.511 e. The van der Waals surface area contributed by atoms with Gasteiger partial charge in [0.15, 0.2) is 11.4 Å². The number of rotatable bonds is 8. The van der Waals surface area contributed by atoms with E-state index in [-0.39, 0.29) is 55.3 Å². The highest BCUT2D eigenvalue weighted by molar-refractivity contribution is 6.24. The molecule has 2 aromatic rings. The molecule has 12 nitrogen and oxygen atoms in total. The Bertz CT molecular complexity index is 1620. The average molecular weight is 593 g/mol. The third-order valence-corrected chi connectivity index (χ3v) is 8.40. The smallest absolute Gasteiger partial charge is 0.319 e. The van der Waals surface area contributed by atoms with Gasteiger partial charge in [-0.3, -0.25) is 19.2 Å². The van der Waals surface area contributed by atoms with E-state index in [1.54, 1.807) is 19.1 Å². The molecule has 0 saturated carbocycles. The number of Topliss-reactive ketones (excluding diaryl/α,β-unsaturated/α-hetero) is 2. The van der Waals surface area contributed by atoms with Gasteiger partial charge in [-0.05, 0) is 60.6 Å². The Morgan fingerprint density at radius 3 is 2.51 bits per heavy atom. The zero-order valence-corrected chi connectivity index (χ0v) is 23.6. The molecule has 0 fully saturated rings. The Balaban J connectivity index is 1.57. The summed E-state index contributed by atoms with van der Waals surface area (Å²) in [5.41, 5.74) is 3.96. The second kappa shape index (κ2) is 11.2. The quantitative estimate of drug-likeness (QED) is 0.193. The van der Waals surface area contributed by atoms with Crippen LogP contribution >= 0.6 is 0 Å². The van der Waals surface area contributed by atoms with E-state index in [0.29, 0.717) is 29.0 Å². The van der Waals surface area contributed by atoms with E-state index in [1.807, 2.05) is 12.1 Å². The van der Waals surface area contributed by atoms with Gasteiger partial charge < -0.3 is 41.0 Å². The number of benzene rings is 2. The normalized spacial score (nSPS) is 23.0. The number of methoxy groups -OCH3 is 1. The summed E-state index contributed by atoms with van der Waals surface area (Å²) in [6, 6.07) is 8.40. The first-order valence-electron chi connectivity index (χ1n) is 13.8. The fourth-order valence-electron chi connectivity index (χ4n) is 6.47. The van der Waals surface area contributed by atoms with Crippen LogP contribution in [0.15, 0.2) is 53.0 Å². The third kappa shape index (κ3) is 4.82. The molecule has 12 heteroatoms. The number of ether oxygens (including phenoxy) is 2. The van der Waals surface area contributed by atoms with Crippen LogP contribution < -0.4 is 15.8 Å². The van der Waals surface area contributed by atoms with Crippen molar-refractivity contribution in [2.45, 2.75) is 38.3 Å². The number of fused-ring (bicyclic) bond motifs is 3. The first-order valence-corrected chi connectivity index (χ1v) is 13.8. The molecule has 226 valence electrons. The summed E-state index contributed by atoms with van der Waals surface area (Å²) in [5, 5.41) is 46.9. The number of esters is 1. The van der Waals surface area contributed by atoms with Crippen molar-refractivity contribution >= 4 is 23.4 Å². The Kier molecular flexibility index (Phi) is 7.76. The lowest BCUT2D eigenvalue weighted by Gasteiger charge is -2.45. The van der Waals surface area contributed by atoms with Crippen LogP contribution in [0.2, 0.25) is 0 Å². The summed E-state index contributed by atoms with van der Waals surface area (Å²) in [5.74, 6) is -6.75. The summed E-state index contributed by atoms with van der Waals surface area (Å²) in [6.45, 7) is 2.34. The minimum absolute atomic E-state index is 0.0142. The molecule has 0 aromatic heterocycles. The predicted octanol–water partition coefficient (Wildman–Crippen LogP) is 1.91.